The van der Waals surface area contributed by atoms with Crippen molar-refractivity contribution in [1.82, 2.24) is 9.80 Å². The first kappa shape index (κ1) is 13.9. The van der Waals surface area contributed by atoms with E-state index < -0.39 is 5.66 Å². The Morgan fingerprint density at radius 1 is 0.957 bits per heavy atom. The van der Waals surface area contributed by atoms with E-state index in [9.17, 15) is 14.0 Å². The largest absolute Gasteiger partial charge is 0.314 e. The molecule has 2 aromatic carbocycles. The summed E-state index contributed by atoms with van der Waals surface area (Å²) in [6, 6.07) is 11.5. The molecular weight excluding hydrogens is 295 g/mol. The molecule has 1 spiro atoms. The summed E-state index contributed by atoms with van der Waals surface area (Å²) in [5.41, 5.74) is 1.60. The van der Waals surface area contributed by atoms with Crippen molar-refractivity contribution in [1.29, 1.82) is 0 Å². The lowest BCUT2D eigenvalue weighted by atomic mass is 9.84. The third-order valence-corrected chi connectivity index (χ3v) is 5.04. The van der Waals surface area contributed by atoms with Crippen LogP contribution in [-0.2, 0) is 12.1 Å². The molecule has 0 aromatic heterocycles. The zero-order valence-electron chi connectivity index (χ0n) is 12.8. The monoisotopic (exact) mass is 310 g/mol. The lowest BCUT2D eigenvalue weighted by Gasteiger charge is -2.47. The molecule has 5 heteroatoms. The maximum absolute atomic E-state index is 13.7. The number of nitrogens with zero attached hydrogens (tertiary/aromatic N) is 2. The van der Waals surface area contributed by atoms with Crippen molar-refractivity contribution < 1.29 is 14.0 Å². The molecule has 0 bridgehead atoms. The van der Waals surface area contributed by atoms with Gasteiger partial charge in [-0.25, -0.2) is 4.39 Å². The van der Waals surface area contributed by atoms with E-state index in [1.807, 2.05) is 18.2 Å². The fourth-order valence-corrected chi connectivity index (χ4v) is 3.82. The van der Waals surface area contributed by atoms with Gasteiger partial charge in [0, 0.05) is 37.2 Å². The van der Waals surface area contributed by atoms with E-state index in [4.69, 9.17) is 0 Å². The molecular formula is C18H15FN2O2. The number of fused-ring (bicyclic) bond motifs is 3. The summed E-state index contributed by atoms with van der Waals surface area (Å²) in [5, 5.41) is 0. The molecule has 0 N–H and O–H groups in total. The Hall–Kier alpha value is -2.69. The van der Waals surface area contributed by atoms with E-state index in [0.29, 0.717) is 23.1 Å². The summed E-state index contributed by atoms with van der Waals surface area (Å²) >= 11 is 0. The first-order valence-corrected chi connectivity index (χ1v) is 7.41. The van der Waals surface area contributed by atoms with Crippen LogP contribution in [0, 0.1) is 5.82 Å². The van der Waals surface area contributed by atoms with Crippen molar-refractivity contribution in [2.45, 2.75) is 12.1 Å². The maximum atomic E-state index is 13.7. The van der Waals surface area contributed by atoms with Gasteiger partial charge in [-0.05, 0) is 29.8 Å². The van der Waals surface area contributed by atoms with E-state index in [1.165, 1.54) is 18.2 Å². The van der Waals surface area contributed by atoms with Crippen LogP contribution in [0.1, 0.15) is 31.8 Å². The number of amides is 2. The molecule has 2 heterocycles. The highest BCUT2D eigenvalue weighted by molar-refractivity contribution is 6.03. The number of carbonyl (C=O) groups is 2. The van der Waals surface area contributed by atoms with Crippen molar-refractivity contribution in [3.05, 3.63) is 70.5 Å². The summed E-state index contributed by atoms with van der Waals surface area (Å²) in [7, 11) is 3.39. The van der Waals surface area contributed by atoms with Crippen LogP contribution in [0.15, 0.2) is 42.5 Å². The lowest BCUT2D eigenvalue weighted by Crippen LogP contribution is -2.59. The van der Waals surface area contributed by atoms with Crippen molar-refractivity contribution in [2.75, 3.05) is 14.1 Å². The summed E-state index contributed by atoms with van der Waals surface area (Å²) in [6.07, 6.45) is 0.377. The quantitative estimate of drug-likeness (QED) is 0.749. The second-order valence-corrected chi connectivity index (χ2v) is 6.07. The molecule has 0 radical (unpaired) electrons. The number of hydrogen-bond donors (Lipinski definition) is 0. The molecule has 23 heavy (non-hydrogen) atoms. The summed E-state index contributed by atoms with van der Waals surface area (Å²) in [6.45, 7) is 0. The fraction of sp³-hybridized carbons (Fsp3) is 0.222. The van der Waals surface area contributed by atoms with Gasteiger partial charge in [-0.1, -0.05) is 18.2 Å². The van der Waals surface area contributed by atoms with Gasteiger partial charge in [0.25, 0.3) is 11.8 Å². The van der Waals surface area contributed by atoms with E-state index in [1.54, 1.807) is 30.0 Å². The molecule has 0 fully saturated rings. The van der Waals surface area contributed by atoms with Gasteiger partial charge in [0.15, 0.2) is 0 Å². The Bertz CT molecular complexity index is 864. The zero-order chi connectivity index (χ0) is 16.4. The highest BCUT2D eigenvalue weighted by Gasteiger charge is 2.54. The first-order valence-electron chi connectivity index (χ1n) is 7.41. The molecule has 0 aliphatic carbocycles. The highest BCUT2D eigenvalue weighted by atomic mass is 19.1. The van der Waals surface area contributed by atoms with Crippen LogP contribution in [0.5, 0.6) is 0 Å². The van der Waals surface area contributed by atoms with Crippen molar-refractivity contribution >= 4 is 11.8 Å². The first-order chi connectivity index (χ1) is 11.0. The molecule has 0 saturated carbocycles. The zero-order valence-corrected chi connectivity index (χ0v) is 12.8. The molecule has 1 unspecified atom stereocenters. The molecule has 2 aliphatic heterocycles. The predicted octanol–water partition coefficient (Wildman–Crippen LogP) is 2.39. The molecule has 2 aromatic rings. The van der Waals surface area contributed by atoms with Crippen molar-refractivity contribution in [3.8, 4) is 0 Å². The number of benzene rings is 2. The second kappa shape index (κ2) is 4.41. The Balaban J connectivity index is 1.99. The van der Waals surface area contributed by atoms with Gasteiger partial charge in [0.1, 0.15) is 11.5 Å². The lowest BCUT2D eigenvalue weighted by molar-refractivity contribution is -0.00842. The predicted molar refractivity (Wildman–Crippen MR) is 82.4 cm³/mol. The van der Waals surface area contributed by atoms with Gasteiger partial charge in [-0.3, -0.25) is 9.59 Å². The summed E-state index contributed by atoms with van der Waals surface area (Å²) < 4.78 is 13.7. The van der Waals surface area contributed by atoms with Gasteiger partial charge < -0.3 is 9.80 Å². The minimum atomic E-state index is -0.897. The van der Waals surface area contributed by atoms with E-state index in [0.717, 1.165) is 5.56 Å². The topological polar surface area (TPSA) is 40.6 Å². The van der Waals surface area contributed by atoms with Crippen LogP contribution in [0.4, 0.5) is 4.39 Å². The molecule has 2 aliphatic rings. The van der Waals surface area contributed by atoms with Gasteiger partial charge >= 0.3 is 0 Å². The minimum absolute atomic E-state index is 0.125. The average Bonchev–Trinajstić information content (AvgIpc) is 2.76. The second-order valence-electron chi connectivity index (χ2n) is 6.07. The highest BCUT2D eigenvalue weighted by Crippen LogP contribution is 2.46. The Labute approximate surface area is 133 Å². The van der Waals surface area contributed by atoms with E-state index in [2.05, 4.69) is 0 Å². The third-order valence-electron chi connectivity index (χ3n) is 5.04. The Morgan fingerprint density at radius 2 is 1.61 bits per heavy atom. The van der Waals surface area contributed by atoms with Crippen LogP contribution < -0.4 is 0 Å². The van der Waals surface area contributed by atoms with E-state index in [-0.39, 0.29) is 17.6 Å². The van der Waals surface area contributed by atoms with Crippen molar-refractivity contribution in [2.24, 2.45) is 0 Å². The van der Waals surface area contributed by atoms with Crippen LogP contribution in [0.3, 0.4) is 0 Å². The van der Waals surface area contributed by atoms with Gasteiger partial charge in [-0.2, -0.15) is 0 Å². The van der Waals surface area contributed by atoms with Crippen LogP contribution in [0.25, 0.3) is 0 Å². The van der Waals surface area contributed by atoms with E-state index >= 15 is 0 Å². The van der Waals surface area contributed by atoms with Crippen molar-refractivity contribution in [3.63, 3.8) is 0 Å². The molecule has 116 valence electrons. The average molecular weight is 310 g/mol. The molecule has 2 amide bonds. The van der Waals surface area contributed by atoms with Gasteiger partial charge in [-0.15, -0.1) is 0 Å². The number of halogens is 1. The molecule has 0 saturated heterocycles. The van der Waals surface area contributed by atoms with Crippen LogP contribution in [0.2, 0.25) is 0 Å². The third kappa shape index (κ3) is 1.59. The van der Waals surface area contributed by atoms with Crippen LogP contribution >= 0.6 is 0 Å². The molecule has 4 rings (SSSR count). The normalized spacial score (nSPS) is 22.6. The maximum Gasteiger partial charge on any atom is 0.256 e. The number of carbonyl (C=O) groups excluding carboxylic acids is 2. The summed E-state index contributed by atoms with van der Waals surface area (Å²) in [4.78, 5) is 28.6. The van der Waals surface area contributed by atoms with Crippen LogP contribution in [-0.4, -0.2) is 35.7 Å². The number of hydrogen-bond acceptors (Lipinski definition) is 2. The van der Waals surface area contributed by atoms with Gasteiger partial charge in [0.05, 0.1) is 0 Å². The molecule has 4 nitrogen and oxygen atoms in total. The van der Waals surface area contributed by atoms with Gasteiger partial charge in [0.2, 0.25) is 0 Å². The number of rotatable bonds is 0. The fourth-order valence-electron chi connectivity index (χ4n) is 3.82. The Kier molecular flexibility index (Phi) is 2.67. The smallest absolute Gasteiger partial charge is 0.256 e. The molecule has 1 atom stereocenters. The number of likely N-dealkylation sites (N-methyl/N-ethyl adjacent to an activating group) is 2. The minimum Gasteiger partial charge on any atom is -0.314 e. The standard InChI is InChI=1S/C18H15FN2O2/c1-20-16(22)13-8-7-12(19)9-11(13)10-18(20)15-6-4-3-5-14(15)17(23)21(18)2/h3-9H,10H2,1-2H3. The summed E-state index contributed by atoms with van der Waals surface area (Å²) in [5.74, 6) is -0.709. The SMILES string of the molecule is CN1C(=O)c2ccc(F)cc2CC12c1ccccc1C(=O)N2C. The Morgan fingerprint density at radius 3 is 2.35 bits per heavy atom.